The lowest BCUT2D eigenvalue weighted by Gasteiger charge is -2.27. The highest BCUT2D eigenvalue weighted by Crippen LogP contribution is 2.08. The molecule has 1 saturated heterocycles. The standard InChI is InChI=1S/C15H23N5O3/c1-15(2,3)16-14(23)20-8-4-7-19(9-10-20)13(22)11-5-6-12(21)18-17-11/h5-6H,4,7-10H2,1-3H3,(H,16,23)(H,18,21). The molecular formula is C15H23N5O3. The molecule has 0 radical (unpaired) electrons. The predicted octanol–water partition coefficient (Wildman–Crippen LogP) is 0.426. The largest absolute Gasteiger partial charge is 0.335 e. The highest BCUT2D eigenvalue weighted by molar-refractivity contribution is 5.92. The van der Waals surface area contributed by atoms with Gasteiger partial charge in [0.2, 0.25) is 0 Å². The van der Waals surface area contributed by atoms with Crippen LogP contribution in [0.15, 0.2) is 16.9 Å². The molecule has 8 nitrogen and oxygen atoms in total. The number of carbonyl (C=O) groups is 2. The molecule has 0 atom stereocenters. The normalized spacial score (nSPS) is 16.0. The van der Waals surface area contributed by atoms with E-state index in [1.807, 2.05) is 20.8 Å². The molecule has 3 amide bonds. The number of hydrogen-bond acceptors (Lipinski definition) is 4. The number of nitrogens with zero attached hydrogens (tertiary/aromatic N) is 3. The van der Waals surface area contributed by atoms with Crippen LogP contribution in [-0.4, -0.2) is 63.7 Å². The Labute approximate surface area is 134 Å². The zero-order chi connectivity index (χ0) is 17.0. The van der Waals surface area contributed by atoms with E-state index in [0.717, 1.165) is 0 Å². The van der Waals surface area contributed by atoms with E-state index in [1.165, 1.54) is 12.1 Å². The molecular weight excluding hydrogens is 298 g/mol. The average Bonchev–Trinajstić information content (AvgIpc) is 2.71. The molecule has 1 aliphatic rings. The second kappa shape index (κ2) is 6.80. The van der Waals surface area contributed by atoms with Gasteiger partial charge in [-0.1, -0.05) is 0 Å². The van der Waals surface area contributed by atoms with Gasteiger partial charge >= 0.3 is 6.03 Å². The number of rotatable bonds is 1. The topological polar surface area (TPSA) is 98.4 Å². The number of aromatic nitrogens is 2. The van der Waals surface area contributed by atoms with E-state index in [0.29, 0.717) is 32.6 Å². The Hall–Kier alpha value is -2.38. The maximum Gasteiger partial charge on any atom is 0.317 e. The van der Waals surface area contributed by atoms with Crippen LogP contribution in [0.25, 0.3) is 0 Å². The summed E-state index contributed by atoms with van der Waals surface area (Å²) in [5.41, 5.74) is -0.432. The smallest absolute Gasteiger partial charge is 0.317 e. The molecule has 0 aromatic carbocycles. The molecule has 23 heavy (non-hydrogen) atoms. The van der Waals surface area contributed by atoms with E-state index in [1.54, 1.807) is 9.80 Å². The fourth-order valence-electron chi connectivity index (χ4n) is 2.35. The molecule has 8 heteroatoms. The van der Waals surface area contributed by atoms with Crippen LogP contribution in [0.1, 0.15) is 37.7 Å². The molecule has 2 heterocycles. The summed E-state index contributed by atoms with van der Waals surface area (Å²) >= 11 is 0. The summed E-state index contributed by atoms with van der Waals surface area (Å²) in [6, 6.07) is 2.58. The van der Waals surface area contributed by atoms with Crippen molar-refractivity contribution in [2.45, 2.75) is 32.7 Å². The van der Waals surface area contributed by atoms with E-state index in [9.17, 15) is 14.4 Å². The molecule has 1 aromatic rings. The molecule has 1 aromatic heterocycles. The first-order chi connectivity index (χ1) is 10.8. The molecule has 1 fully saturated rings. The lowest BCUT2D eigenvalue weighted by atomic mass is 10.1. The Morgan fingerprint density at radius 1 is 1.13 bits per heavy atom. The van der Waals surface area contributed by atoms with Crippen molar-refractivity contribution in [1.82, 2.24) is 25.3 Å². The second-order valence-corrected chi connectivity index (χ2v) is 6.62. The van der Waals surface area contributed by atoms with Crippen molar-refractivity contribution < 1.29 is 9.59 Å². The molecule has 0 bridgehead atoms. The van der Waals surface area contributed by atoms with Gasteiger partial charge in [-0.3, -0.25) is 9.59 Å². The second-order valence-electron chi connectivity index (χ2n) is 6.62. The quantitative estimate of drug-likeness (QED) is 0.783. The van der Waals surface area contributed by atoms with Crippen LogP contribution < -0.4 is 10.9 Å². The van der Waals surface area contributed by atoms with Gasteiger partial charge in [0, 0.05) is 37.8 Å². The Balaban J connectivity index is 1.98. The fourth-order valence-corrected chi connectivity index (χ4v) is 2.35. The number of H-pyrrole nitrogens is 1. The SMILES string of the molecule is CC(C)(C)NC(=O)N1CCCN(C(=O)c2ccc(=O)[nH]n2)CC1. The maximum atomic E-state index is 12.4. The van der Waals surface area contributed by atoms with Crippen LogP contribution in [0, 0.1) is 0 Å². The summed E-state index contributed by atoms with van der Waals surface area (Å²) in [5.74, 6) is -0.237. The van der Waals surface area contributed by atoms with Crippen LogP contribution in [-0.2, 0) is 0 Å². The van der Waals surface area contributed by atoms with Crippen LogP contribution >= 0.6 is 0 Å². The zero-order valence-corrected chi connectivity index (χ0v) is 13.8. The van der Waals surface area contributed by atoms with Crippen molar-refractivity contribution in [1.29, 1.82) is 0 Å². The number of urea groups is 1. The van der Waals surface area contributed by atoms with Gasteiger partial charge in [-0.25, -0.2) is 9.89 Å². The third kappa shape index (κ3) is 4.80. The van der Waals surface area contributed by atoms with Crippen molar-refractivity contribution in [3.05, 3.63) is 28.2 Å². The monoisotopic (exact) mass is 321 g/mol. The minimum absolute atomic E-state index is 0.117. The third-order valence-electron chi connectivity index (χ3n) is 3.45. The summed E-state index contributed by atoms with van der Waals surface area (Å²) in [4.78, 5) is 39.0. The molecule has 1 aliphatic heterocycles. The van der Waals surface area contributed by atoms with Crippen molar-refractivity contribution in [3.8, 4) is 0 Å². The molecule has 0 spiro atoms. The molecule has 0 unspecified atom stereocenters. The van der Waals surface area contributed by atoms with Gasteiger partial charge in [0.15, 0.2) is 0 Å². The summed E-state index contributed by atoms with van der Waals surface area (Å²) in [5, 5.41) is 8.96. The highest BCUT2D eigenvalue weighted by Gasteiger charge is 2.25. The van der Waals surface area contributed by atoms with Gasteiger partial charge in [0.25, 0.3) is 11.5 Å². The average molecular weight is 321 g/mol. The van der Waals surface area contributed by atoms with Crippen LogP contribution in [0.3, 0.4) is 0 Å². The van der Waals surface area contributed by atoms with Gasteiger partial charge < -0.3 is 15.1 Å². The Kier molecular flexibility index (Phi) is 5.02. The number of amides is 3. The fraction of sp³-hybridized carbons (Fsp3) is 0.600. The van der Waals surface area contributed by atoms with Gasteiger partial charge in [-0.05, 0) is 33.3 Å². The van der Waals surface area contributed by atoms with Crippen molar-refractivity contribution in [3.63, 3.8) is 0 Å². The van der Waals surface area contributed by atoms with Gasteiger partial charge in [0.1, 0.15) is 5.69 Å². The van der Waals surface area contributed by atoms with Crippen molar-refractivity contribution in [2.75, 3.05) is 26.2 Å². The number of carbonyl (C=O) groups excluding carboxylic acids is 2. The van der Waals surface area contributed by atoms with E-state index in [2.05, 4.69) is 15.5 Å². The highest BCUT2D eigenvalue weighted by atomic mass is 16.2. The lowest BCUT2D eigenvalue weighted by molar-refractivity contribution is 0.0754. The maximum absolute atomic E-state index is 12.4. The molecule has 0 saturated carbocycles. The van der Waals surface area contributed by atoms with Crippen LogP contribution in [0.2, 0.25) is 0 Å². The van der Waals surface area contributed by atoms with Gasteiger partial charge in [0.05, 0.1) is 0 Å². The van der Waals surface area contributed by atoms with E-state index >= 15 is 0 Å². The number of nitrogens with one attached hydrogen (secondary N) is 2. The summed E-state index contributed by atoms with van der Waals surface area (Å²) in [6.07, 6.45) is 0.701. The molecule has 126 valence electrons. The molecule has 0 aliphatic carbocycles. The summed E-state index contributed by atoms with van der Waals surface area (Å²) < 4.78 is 0. The van der Waals surface area contributed by atoms with Crippen molar-refractivity contribution in [2.24, 2.45) is 0 Å². The predicted molar refractivity (Wildman–Crippen MR) is 85.2 cm³/mol. The molecule has 2 N–H and O–H groups in total. The first kappa shape index (κ1) is 17.0. The third-order valence-corrected chi connectivity index (χ3v) is 3.45. The Bertz CT molecular complexity index is 614. The first-order valence-electron chi connectivity index (χ1n) is 7.68. The minimum atomic E-state index is -0.345. The number of aromatic amines is 1. The summed E-state index contributed by atoms with van der Waals surface area (Å²) in [7, 11) is 0. The Morgan fingerprint density at radius 2 is 1.78 bits per heavy atom. The van der Waals surface area contributed by atoms with Gasteiger partial charge in [-0.15, -0.1) is 0 Å². The first-order valence-corrected chi connectivity index (χ1v) is 7.68. The molecule has 2 rings (SSSR count). The van der Waals surface area contributed by atoms with Gasteiger partial charge in [-0.2, -0.15) is 5.10 Å². The van der Waals surface area contributed by atoms with E-state index < -0.39 is 0 Å². The van der Waals surface area contributed by atoms with Crippen LogP contribution in [0.5, 0.6) is 0 Å². The number of hydrogen-bond donors (Lipinski definition) is 2. The minimum Gasteiger partial charge on any atom is -0.335 e. The zero-order valence-electron chi connectivity index (χ0n) is 13.8. The van der Waals surface area contributed by atoms with E-state index in [-0.39, 0.29) is 28.7 Å². The van der Waals surface area contributed by atoms with Crippen LogP contribution in [0.4, 0.5) is 4.79 Å². The summed E-state index contributed by atoms with van der Waals surface area (Å²) in [6.45, 7) is 7.86. The lowest BCUT2D eigenvalue weighted by Crippen LogP contribution is -2.49. The Morgan fingerprint density at radius 3 is 2.39 bits per heavy atom. The van der Waals surface area contributed by atoms with E-state index in [4.69, 9.17) is 0 Å². The van der Waals surface area contributed by atoms with Crippen molar-refractivity contribution >= 4 is 11.9 Å².